The molecule has 0 saturated heterocycles. The maximum Gasteiger partial charge on any atom is 0 e. The van der Waals surface area contributed by atoms with Crippen molar-refractivity contribution in [2.75, 3.05) is 0 Å². The average Bonchev–Trinajstić information content (AvgIpc) is 0. The summed E-state index contributed by atoms with van der Waals surface area (Å²) in [5.74, 6) is 0. The number of hydrogen-bond donors (Lipinski definition) is 0. The van der Waals surface area contributed by atoms with Gasteiger partial charge in [-0.1, -0.05) is 0 Å². The van der Waals surface area contributed by atoms with Crippen LogP contribution in [0.3, 0.4) is 0 Å². The third kappa shape index (κ3) is 9.25. The minimum absolute atomic E-state index is 0. The van der Waals surface area contributed by atoms with Crippen molar-refractivity contribution in [1.29, 1.82) is 0 Å². The fourth-order valence-electron chi connectivity index (χ4n) is 0. The molecular formula is H4LaPbSnZr. The Balaban J connectivity index is 0. The summed E-state index contributed by atoms with van der Waals surface area (Å²) in [5.41, 5.74) is 0. The molecule has 19 valence electrons. The molecule has 0 spiro atoms. The molecule has 0 fully saturated rings. The third-order valence-corrected chi connectivity index (χ3v) is 0. The molecule has 0 aliphatic rings. The van der Waals surface area contributed by atoms with Gasteiger partial charge in [-0.2, -0.15) is 0 Å². The zero-order valence-corrected chi connectivity index (χ0v) is 18.1. The summed E-state index contributed by atoms with van der Waals surface area (Å²) < 4.78 is 0. The van der Waals surface area contributed by atoms with Crippen molar-refractivity contribution >= 4 is 51.2 Å². The Morgan fingerprint density at radius 1 is 1.00 bits per heavy atom. The monoisotopic (exact) mass is 561 g/mol. The summed E-state index contributed by atoms with van der Waals surface area (Å²) in [6.45, 7) is 0. The fraction of sp³-hybridized carbons (Fsp3) is 0. The van der Waals surface area contributed by atoms with Gasteiger partial charge in [-0.3, -0.25) is 0 Å². The second-order valence-electron chi connectivity index (χ2n) is 0. The summed E-state index contributed by atoms with van der Waals surface area (Å²) >= 11 is 0. The maximum absolute atomic E-state index is 0. The van der Waals surface area contributed by atoms with Crippen LogP contribution in [0.25, 0.3) is 0 Å². The molecule has 0 aromatic rings. The van der Waals surface area contributed by atoms with Crippen molar-refractivity contribution in [3.8, 4) is 0 Å². The van der Waals surface area contributed by atoms with Crippen LogP contribution in [0.15, 0.2) is 0 Å². The van der Waals surface area contributed by atoms with Gasteiger partial charge in [-0.25, -0.2) is 0 Å². The zero-order chi connectivity index (χ0) is 0. The van der Waals surface area contributed by atoms with Crippen LogP contribution in [0.1, 0.15) is 0 Å². The molecule has 0 heterocycles. The van der Waals surface area contributed by atoms with E-state index in [-0.39, 0.29) is 113 Å². The van der Waals surface area contributed by atoms with Crippen LogP contribution in [0.2, 0.25) is 0 Å². The molecule has 4 heteroatoms. The molecule has 0 aliphatic carbocycles. The Bertz CT molecular complexity index is 8.00. The summed E-state index contributed by atoms with van der Waals surface area (Å²) in [4.78, 5) is 0. The van der Waals surface area contributed by atoms with Crippen molar-refractivity contribution in [2.24, 2.45) is 0 Å². The quantitative estimate of drug-likeness (QED) is 0.306. The molecular weight excluding hydrogens is 556 g/mol. The summed E-state index contributed by atoms with van der Waals surface area (Å²) in [7, 11) is 0. The van der Waals surface area contributed by atoms with Crippen LogP contribution in [-0.4, -0.2) is 51.2 Å². The van der Waals surface area contributed by atoms with Gasteiger partial charge in [0, 0.05) is 61.8 Å². The fourth-order valence-corrected chi connectivity index (χ4v) is 0. The second-order valence-corrected chi connectivity index (χ2v) is 0. The second kappa shape index (κ2) is 15.8. The summed E-state index contributed by atoms with van der Waals surface area (Å²) in [6, 6.07) is 0. The molecule has 0 amide bonds. The molecule has 0 N–H and O–H groups in total. The Morgan fingerprint density at radius 2 is 1.00 bits per heavy atom. The maximum atomic E-state index is 0. The summed E-state index contributed by atoms with van der Waals surface area (Å²) in [6.07, 6.45) is 0. The van der Waals surface area contributed by atoms with E-state index in [0.717, 1.165) is 0 Å². The first kappa shape index (κ1) is 25.0. The predicted octanol–water partition coefficient (Wildman–Crippen LogP) is -1.83. The van der Waals surface area contributed by atoms with E-state index in [2.05, 4.69) is 0 Å². The van der Waals surface area contributed by atoms with Crippen molar-refractivity contribution in [3.05, 3.63) is 0 Å². The molecule has 0 rings (SSSR count). The zero-order valence-electron chi connectivity index (χ0n) is 2.49. The Morgan fingerprint density at radius 3 is 1.00 bits per heavy atom. The SMILES string of the molecule is [La].[PbH2].[SnH2].[Zr]. The first-order valence-electron chi connectivity index (χ1n) is 0. The van der Waals surface area contributed by atoms with E-state index in [1.165, 1.54) is 0 Å². The molecule has 0 saturated carbocycles. The number of rotatable bonds is 0. The summed E-state index contributed by atoms with van der Waals surface area (Å²) in [5, 5.41) is 0. The van der Waals surface area contributed by atoms with E-state index in [1.807, 2.05) is 0 Å². The van der Waals surface area contributed by atoms with Gasteiger partial charge >= 0.3 is 51.2 Å². The molecule has 0 nitrogen and oxygen atoms in total. The third-order valence-electron chi connectivity index (χ3n) is 0. The van der Waals surface area contributed by atoms with Crippen LogP contribution in [0, 0.1) is 35.6 Å². The molecule has 0 bridgehead atoms. The van der Waals surface area contributed by atoms with Crippen LogP contribution >= 0.6 is 0 Å². The molecule has 0 unspecified atom stereocenters. The standard InChI is InChI=1S/La.Pb.Sn.Zr.4H. The topological polar surface area (TPSA) is 0 Å². The molecule has 4 heavy (non-hydrogen) atoms. The van der Waals surface area contributed by atoms with E-state index in [1.54, 1.807) is 0 Å². The van der Waals surface area contributed by atoms with Crippen molar-refractivity contribution < 1.29 is 61.8 Å². The van der Waals surface area contributed by atoms with E-state index in [0.29, 0.717) is 0 Å². The molecule has 5 radical (unpaired) electrons. The van der Waals surface area contributed by atoms with E-state index >= 15 is 0 Å². The normalized spacial score (nSPS) is 0. The van der Waals surface area contributed by atoms with Gasteiger partial charge in [-0.05, 0) is 0 Å². The first-order chi connectivity index (χ1) is 0. The van der Waals surface area contributed by atoms with Crippen LogP contribution < -0.4 is 0 Å². The minimum Gasteiger partial charge on any atom is 0 e. The van der Waals surface area contributed by atoms with Crippen molar-refractivity contribution in [1.82, 2.24) is 0 Å². The predicted molar refractivity (Wildman–Crippen MR) is 17.1 cm³/mol. The van der Waals surface area contributed by atoms with Gasteiger partial charge in [0.15, 0.2) is 0 Å². The van der Waals surface area contributed by atoms with Crippen molar-refractivity contribution in [2.45, 2.75) is 0 Å². The Labute approximate surface area is 110 Å². The van der Waals surface area contributed by atoms with Gasteiger partial charge in [0.1, 0.15) is 0 Å². The Hall–Kier alpha value is 3.80. The first-order valence-corrected chi connectivity index (χ1v) is 0. The largest absolute Gasteiger partial charge is 0 e. The van der Waals surface area contributed by atoms with Gasteiger partial charge in [0.05, 0.1) is 0 Å². The Kier molecular flexibility index (Phi) is 98.9. The van der Waals surface area contributed by atoms with Crippen LogP contribution in [0.4, 0.5) is 0 Å². The van der Waals surface area contributed by atoms with E-state index in [4.69, 9.17) is 0 Å². The smallest absolute Gasteiger partial charge is 0 e. The van der Waals surface area contributed by atoms with E-state index in [9.17, 15) is 0 Å². The van der Waals surface area contributed by atoms with Gasteiger partial charge in [0.25, 0.3) is 0 Å². The molecule has 0 aromatic carbocycles. The molecule has 0 atom stereocenters. The minimum atomic E-state index is 0. The van der Waals surface area contributed by atoms with Gasteiger partial charge in [-0.15, -0.1) is 0 Å². The van der Waals surface area contributed by atoms with Gasteiger partial charge < -0.3 is 0 Å². The van der Waals surface area contributed by atoms with Crippen LogP contribution in [-0.2, 0) is 26.2 Å². The van der Waals surface area contributed by atoms with Crippen molar-refractivity contribution in [3.63, 3.8) is 0 Å². The molecule has 0 aromatic heterocycles. The average molecular weight is 560 g/mol. The van der Waals surface area contributed by atoms with E-state index < -0.39 is 0 Å². The number of hydrogen-bond acceptors (Lipinski definition) is 0. The van der Waals surface area contributed by atoms with Gasteiger partial charge in [0.2, 0.25) is 0 Å². The van der Waals surface area contributed by atoms with Crippen LogP contribution in [0.5, 0.6) is 0 Å². The molecule has 0 aliphatic heterocycles.